The average Bonchev–Trinajstić information content (AvgIpc) is 2.37. The van der Waals surface area contributed by atoms with E-state index < -0.39 is 9.84 Å². The highest BCUT2D eigenvalue weighted by atomic mass is 32.2. The van der Waals surface area contributed by atoms with Gasteiger partial charge < -0.3 is 10.5 Å². The molecule has 0 aliphatic rings. The third-order valence-corrected chi connectivity index (χ3v) is 3.64. The van der Waals surface area contributed by atoms with Crippen LogP contribution in [-0.2, 0) is 9.84 Å². The van der Waals surface area contributed by atoms with Crippen molar-refractivity contribution in [3.8, 4) is 17.1 Å². The van der Waals surface area contributed by atoms with Crippen LogP contribution in [0.25, 0.3) is 11.4 Å². The topological polar surface area (TPSA) is 95.2 Å². The number of aromatic nitrogens is 2. The first-order chi connectivity index (χ1) is 8.91. The Labute approximate surface area is 111 Å². The quantitative estimate of drug-likeness (QED) is 0.905. The molecule has 7 heteroatoms. The number of hydrogen-bond acceptors (Lipinski definition) is 6. The van der Waals surface area contributed by atoms with Crippen molar-refractivity contribution in [2.75, 3.05) is 19.1 Å². The highest BCUT2D eigenvalue weighted by Crippen LogP contribution is 2.22. The molecule has 0 fully saturated rings. The lowest BCUT2D eigenvalue weighted by Crippen LogP contribution is -2.06. The Kier molecular flexibility index (Phi) is 3.39. The lowest BCUT2D eigenvalue weighted by atomic mass is 10.2. The highest BCUT2D eigenvalue weighted by molar-refractivity contribution is 7.90. The third-order valence-electron chi connectivity index (χ3n) is 2.53. The summed E-state index contributed by atoms with van der Waals surface area (Å²) in [4.78, 5) is 7.97. The summed E-state index contributed by atoms with van der Waals surface area (Å²) in [5, 5.41) is 0. The maximum atomic E-state index is 11.4. The minimum Gasteiger partial charge on any atom is -0.497 e. The Morgan fingerprint density at radius 3 is 2.32 bits per heavy atom. The highest BCUT2D eigenvalue weighted by Gasteiger charge is 2.14. The van der Waals surface area contributed by atoms with Crippen LogP contribution in [0.4, 0.5) is 5.82 Å². The van der Waals surface area contributed by atoms with E-state index in [0.717, 1.165) is 11.8 Å². The molecular formula is C12H13N3O3S. The largest absolute Gasteiger partial charge is 0.497 e. The van der Waals surface area contributed by atoms with Crippen molar-refractivity contribution in [1.29, 1.82) is 0 Å². The fourth-order valence-corrected chi connectivity index (χ4v) is 2.22. The number of benzene rings is 1. The summed E-state index contributed by atoms with van der Waals surface area (Å²) in [6.45, 7) is 0. The van der Waals surface area contributed by atoms with Gasteiger partial charge in [-0.1, -0.05) is 0 Å². The van der Waals surface area contributed by atoms with E-state index in [-0.39, 0.29) is 10.7 Å². The normalized spacial score (nSPS) is 11.3. The SMILES string of the molecule is COc1ccc(-c2ncc(S(C)(=O)=O)c(N)n2)cc1. The van der Waals surface area contributed by atoms with Gasteiger partial charge in [-0.15, -0.1) is 0 Å². The molecule has 2 N–H and O–H groups in total. The van der Waals surface area contributed by atoms with Gasteiger partial charge in [-0.05, 0) is 24.3 Å². The van der Waals surface area contributed by atoms with Crippen molar-refractivity contribution in [1.82, 2.24) is 9.97 Å². The maximum Gasteiger partial charge on any atom is 0.180 e. The molecule has 100 valence electrons. The summed E-state index contributed by atoms with van der Waals surface area (Å²) in [6.07, 6.45) is 2.28. The van der Waals surface area contributed by atoms with Gasteiger partial charge in [0.2, 0.25) is 0 Å². The van der Waals surface area contributed by atoms with Crippen LogP contribution in [0.5, 0.6) is 5.75 Å². The maximum absolute atomic E-state index is 11.4. The number of sulfone groups is 1. The molecule has 2 aromatic rings. The predicted octanol–water partition coefficient (Wildman–Crippen LogP) is 1.14. The second-order valence-electron chi connectivity index (χ2n) is 3.94. The minimum atomic E-state index is -3.41. The van der Waals surface area contributed by atoms with Gasteiger partial charge in [-0.2, -0.15) is 0 Å². The van der Waals surface area contributed by atoms with Gasteiger partial charge in [0.1, 0.15) is 16.5 Å². The van der Waals surface area contributed by atoms with Gasteiger partial charge >= 0.3 is 0 Å². The zero-order chi connectivity index (χ0) is 14.0. The molecule has 0 bridgehead atoms. The summed E-state index contributed by atoms with van der Waals surface area (Å²) in [5.74, 6) is 1.03. The summed E-state index contributed by atoms with van der Waals surface area (Å²) in [7, 11) is -1.84. The van der Waals surface area contributed by atoms with Crippen LogP contribution in [0, 0.1) is 0 Å². The van der Waals surface area contributed by atoms with Crippen LogP contribution in [0.1, 0.15) is 0 Å². The average molecular weight is 279 g/mol. The summed E-state index contributed by atoms with van der Waals surface area (Å²) >= 11 is 0. The van der Waals surface area contributed by atoms with E-state index in [2.05, 4.69) is 9.97 Å². The first kappa shape index (κ1) is 13.3. The van der Waals surface area contributed by atoms with E-state index in [4.69, 9.17) is 10.5 Å². The second-order valence-corrected chi connectivity index (χ2v) is 5.93. The fraction of sp³-hybridized carbons (Fsp3) is 0.167. The van der Waals surface area contributed by atoms with E-state index in [9.17, 15) is 8.42 Å². The van der Waals surface area contributed by atoms with Gasteiger partial charge in [0.15, 0.2) is 15.7 Å². The van der Waals surface area contributed by atoms with Crippen molar-refractivity contribution in [2.45, 2.75) is 4.90 Å². The molecule has 2 rings (SSSR count). The molecule has 0 atom stereocenters. The van der Waals surface area contributed by atoms with Crippen molar-refractivity contribution in [3.63, 3.8) is 0 Å². The molecule has 6 nitrogen and oxygen atoms in total. The molecule has 0 amide bonds. The minimum absolute atomic E-state index is 0.0525. The molecule has 0 unspecified atom stereocenters. The van der Waals surface area contributed by atoms with Crippen LogP contribution >= 0.6 is 0 Å². The number of nitrogens with zero attached hydrogens (tertiary/aromatic N) is 2. The zero-order valence-corrected chi connectivity index (χ0v) is 11.3. The predicted molar refractivity (Wildman–Crippen MR) is 71.5 cm³/mol. The van der Waals surface area contributed by atoms with Crippen molar-refractivity contribution in [3.05, 3.63) is 30.5 Å². The van der Waals surface area contributed by atoms with Crippen LogP contribution in [0.3, 0.4) is 0 Å². The molecule has 0 radical (unpaired) electrons. The van der Waals surface area contributed by atoms with Crippen LogP contribution < -0.4 is 10.5 Å². The summed E-state index contributed by atoms with van der Waals surface area (Å²) < 4.78 is 27.9. The molecule has 0 aliphatic carbocycles. The monoisotopic (exact) mass is 279 g/mol. The molecule has 1 aromatic heterocycles. The lowest BCUT2D eigenvalue weighted by molar-refractivity contribution is 0.415. The summed E-state index contributed by atoms with van der Waals surface area (Å²) in [5.41, 5.74) is 6.38. The Morgan fingerprint density at radius 1 is 1.21 bits per heavy atom. The van der Waals surface area contributed by atoms with E-state index in [1.165, 1.54) is 6.20 Å². The first-order valence-corrected chi connectivity index (χ1v) is 7.28. The summed E-state index contributed by atoms with van der Waals surface area (Å²) in [6, 6.07) is 7.07. The number of nitrogen functional groups attached to an aromatic ring is 1. The van der Waals surface area contributed by atoms with Gasteiger partial charge in [-0.3, -0.25) is 0 Å². The van der Waals surface area contributed by atoms with Gasteiger partial charge in [-0.25, -0.2) is 18.4 Å². The van der Waals surface area contributed by atoms with E-state index in [1.807, 2.05) is 0 Å². The number of nitrogens with two attached hydrogens (primary N) is 1. The Bertz CT molecular complexity index is 697. The Hall–Kier alpha value is -2.15. The van der Waals surface area contributed by atoms with Gasteiger partial charge in [0, 0.05) is 11.8 Å². The lowest BCUT2D eigenvalue weighted by Gasteiger charge is -2.06. The molecule has 0 aliphatic heterocycles. The number of hydrogen-bond donors (Lipinski definition) is 1. The molecular weight excluding hydrogens is 266 g/mol. The number of methoxy groups -OCH3 is 1. The fourth-order valence-electron chi connectivity index (χ4n) is 1.55. The molecule has 0 saturated carbocycles. The smallest absolute Gasteiger partial charge is 0.180 e. The molecule has 1 aromatic carbocycles. The van der Waals surface area contributed by atoms with Crippen molar-refractivity contribution >= 4 is 15.7 Å². The third kappa shape index (κ3) is 2.82. The van der Waals surface area contributed by atoms with E-state index >= 15 is 0 Å². The molecule has 19 heavy (non-hydrogen) atoms. The van der Waals surface area contributed by atoms with Crippen LogP contribution in [0.15, 0.2) is 35.4 Å². The van der Waals surface area contributed by atoms with Crippen LogP contribution in [-0.4, -0.2) is 31.8 Å². The van der Waals surface area contributed by atoms with E-state index in [1.54, 1.807) is 31.4 Å². The number of anilines is 1. The van der Waals surface area contributed by atoms with Crippen molar-refractivity contribution in [2.24, 2.45) is 0 Å². The van der Waals surface area contributed by atoms with Gasteiger partial charge in [0.25, 0.3) is 0 Å². The van der Waals surface area contributed by atoms with Gasteiger partial charge in [0.05, 0.1) is 13.3 Å². The van der Waals surface area contributed by atoms with E-state index in [0.29, 0.717) is 11.6 Å². The molecule has 0 saturated heterocycles. The van der Waals surface area contributed by atoms with Crippen LogP contribution in [0.2, 0.25) is 0 Å². The Morgan fingerprint density at radius 2 is 1.84 bits per heavy atom. The Balaban J connectivity index is 2.44. The first-order valence-electron chi connectivity index (χ1n) is 5.39. The molecule has 1 heterocycles. The standard InChI is InChI=1S/C12H13N3O3S/c1-18-9-5-3-8(4-6-9)12-14-7-10(11(13)15-12)19(2,16)17/h3-7H,1-2H3,(H2,13,14,15). The second kappa shape index (κ2) is 4.85. The van der Waals surface area contributed by atoms with Crippen molar-refractivity contribution < 1.29 is 13.2 Å². The number of ether oxygens (including phenoxy) is 1. The zero-order valence-electron chi connectivity index (χ0n) is 10.5. The molecule has 0 spiro atoms. The number of rotatable bonds is 3.